The number of nitrogens with zero attached hydrogens (tertiary/aromatic N) is 3. The second-order valence-corrected chi connectivity index (χ2v) is 7.09. The number of hydrogen-bond donors (Lipinski definition) is 1. The molecule has 0 radical (unpaired) electrons. The number of pyridine rings is 1. The number of aromatic nitrogens is 3. The lowest BCUT2D eigenvalue weighted by atomic mass is 9.92. The summed E-state index contributed by atoms with van der Waals surface area (Å²) in [6, 6.07) is 6.18. The smallest absolute Gasteiger partial charge is 0.248 e. The van der Waals surface area contributed by atoms with Gasteiger partial charge in [0.2, 0.25) is 5.92 Å². The summed E-state index contributed by atoms with van der Waals surface area (Å²) < 4.78 is 28.4. The highest BCUT2D eigenvalue weighted by molar-refractivity contribution is 5.46. The van der Waals surface area contributed by atoms with Crippen LogP contribution < -0.4 is 5.32 Å². The van der Waals surface area contributed by atoms with Gasteiger partial charge in [0.25, 0.3) is 0 Å². The minimum atomic E-state index is -2.50. The molecule has 0 aliphatic heterocycles. The van der Waals surface area contributed by atoms with E-state index in [1.54, 1.807) is 4.68 Å². The molecule has 1 N–H and O–H groups in total. The largest absolute Gasteiger partial charge is 0.367 e. The van der Waals surface area contributed by atoms with Gasteiger partial charge >= 0.3 is 0 Å². The van der Waals surface area contributed by atoms with Gasteiger partial charge in [0.1, 0.15) is 5.82 Å². The number of hydrogen-bond acceptors (Lipinski definition) is 3. The van der Waals surface area contributed by atoms with Crippen molar-refractivity contribution in [1.29, 1.82) is 0 Å². The molecule has 4 rings (SSSR count). The van der Waals surface area contributed by atoms with Gasteiger partial charge in [-0.25, -0.2) is 18.4 Å². The van der Waals surface area contributed by atoms with Gasteiger partial charge in [0.05, 0.1) is 5.69 Å². The zero-order valence-electron chi connectivity index (χ0n) is 13.8. The number of halogens is 2. The lowest BCUT2D eigenvalue weighted by Gasteiger charge is -2.29. The molecule has 0 spiro atoms. The van der Waals surface area contributed by atoms with E-state index in [1.165, 1.54) is 18.4 Å². The zero-order valence-corrected chi connectivity index (χ0v) is 13.8. The molecule has 2 aromatic rings. The molecule has 2 aliphatic carbocycles. The number of rotatable bonds is 4. The predicted molar refractivity (Wildman–Crippen MR) is 88.9 cm³/mol. The highest BCUT2D eigenvalue weighted by Crippen LogP contribution is 2.41. The molecule has 0 saturated heterocycles. The quantitative estimate of drug-likeness (QED) is 0.900. The van der Waals surface area contributed by atoms with Gasteiger partial charge in [-0.05, 0) is 62.3 Å². The van der Waals surface area contributed by atoms with Gasteiger partial charge < -0.3 is 5.32 Å². The highest BCUT2D eigenvalue weighted by atomic mass is 19.3. The first kappa shape index (κ1) is 15.5. The van der Waals surface area contributed by atoms with E-state index in [2.05, 4.69) is 27.5 Å². The van der Waals surface area contributed by atoms with E-state index in [9.17, 15) is 8.78 Å². The third-order valence-electron chi connectivity index (χ3n) is 4.91. The summed E-state index contributed by atoms with van der Waals surface area (Å²) in [4.78, 5) is 4.66. The molecule has 0 atom stereocenters. The average Bonchev–Trinajstić information content (AvgIpc) is 3.31. The topological polar surface area (TPSA) is 42.7 Å². The van der Waals surface area contributed by atoms with E-state index < -0.39 is 5.92 Å². The Morgan fingerprint density at radius 3 is 2.54 bits per heavy atom. The Bertz CT molecular complexity index is 726. The highest BCUT2D eigenvalue weighted by Gasteiger charge is 2.35. The van der Waals surface area contributed by atoms with Crippen molar-refractivity contribution in [3.63, 3.8) is 0 Å². The summed E-state index contributed by atoms with van der Waals surface area (Å²) in [6.45, 7) is 1.95. The van der Waals surface area contributed by atoms with Crippen LogP contribution in [0.5, 0.6) is 0 Å². The molecule has 0 amide bonds. The van der Waals surface area contributed by atoms with Crippen LogP contribution >= 0.6 is 0 Å². The molecule has 0 aromatic carbocycles. The molecule has 0 bridgehead atoms. The van der Waals surface area contributed by atoms with Crippen molar-refractivity contribution in [1.82, 2.24) is 14.8 Å². The normalized spacial score (nSPS) is 21.0. The van der Waals surface area contributed by atoms with Crippen LogP contribution in [-0.2, 0) is 0 Å². The van der Waals surface area contributed by atoms with Crippen molar-refractivity contribution >= 4 is 5.82 Å². The first-order valence-electron chi connectivity index (χ1n) is 8.67. The van der Waals surface area contributed by atoms with E-state index in [-0.39, 0.29) is 18.9 Å². The Morgan fingerprint density at radius 2 is 1.92 bits per heavy atom. The summed E-state index contributed by atoms with van der Waals surface area (Å²) in [5.74, 6) is -0.340. The fourth-order valence-corrected chi connectivity index (χ4v) is 3.32. The van der Waals surface area contributed by atoms with Crippen LogP contribution in [0, 0.1) is 6.92 Å². The third-order valence-corrected chi connectivity index (χ3v) is 4.91. The standard InChI is InChI=1S/C18H22F2N4/c1-12-6-9-24(23-12)17-11-14(13-2-3-13)10-16(22-17)21-15-4-7-18(19,20)8-5-15/h6,9-11,13,15H,2-5,7-8H2,1H3,(H,21,22). The molecule has 2 fully saturated rings. The number of alkyl halides is 2. The SMILES string of the molecule is Cc1ccn(-c2cc(C3CC3)cc(NC3CCC(F)(F)CC3)n2)n1. The van der Waals surface area contributed by atoms with E-state index in [0.29, 0.717) is 18.8 Å². The number of nitrogens with one attached hydrogen (secondary N) is 1. The molecule has 2 aliphatic rings. The number of anilines is 1. The van der Waals surface area contributed by atoms with Crippen LogP contribution in [0.25, 0.3) is 5.82 Å². The molecule has 2 aromatic heterocycles. The minimum absolute atomic E-state index is 0.0435. The van der Waals surface area contributed by atoms with Crippen LogP contribution in [-0.4, -0.2) is 26.7 Å². The van der Waals surface area contributed by atoms with E-state index in [4.69, 9.17) is 0 Å². The van der Waals surface area contributed by atoms with Gasteiger partial charge in [-0.15, -0.1) is 0 Å². The van der Waals surface area contributed by atoms with Crippen molar-refractivity contribution in [3.8, 4) is 5.82 Å². The Kier molecular flexibility index (Phi) is 3.77. The van der Waals surface area contributed by atoms with Crippen LogP contribution in [0.1, 0.15) is 55.7 Å². The Hall–Kier alpha value is -1.98. The van der Waals surface area contributed by atoms with Crippen molar-refractivity contribution < 1.29 is 8.78 Å². The molecular weight excluding hydrogens is 310 g/mol. The Labute approximate surface area is 140 Å². The molecule has 24 heavy (non-hydrogen) atoms. The van der Waals surface area contributed by atoms with Gasteiger partial charge in [0, 0.05) is 25.1 Å². The molecule has 2 heterocycles. The molecular formula is C18H22F2N4. The average molecular weight is 332 g/mol. The maximum Gasteiger partial charge on any atom is 0.248 e. The first-order valence-corrected chi connectivity index (χ1v) is 8.67. The van der Waals surface area contributed by atoms with Crippen LogP contribution in [0.3, 0.4) is 0 Å². The summed E-state index contributed by atoms with van der Waals surface area (Å²) in [6.07, 6.45) is 5.19. The minimum Gasteiger partial charge on any atom is -0.367 e. The van der Waals surface area contributed by atoms with Crippen molar-refractivity contribution in [2.24, 2.45) is 0 Å². The summed E-state index contributed by atoms with van der Waals surface area (Å²) >= 11 is 0. The Morgan fingerprint density at radius 1 is 1.17 bits per heavy atom. The Balaban J connectivity index is 1.57. The van der Waals surface area contributed by atoms with Crippen LogP contribution in [0.2, 0.25) is 0 Å². The second kappa shape index (κ2) is 5.83. The van der Waals surface area contributed by atoms with E-state index in [1.807, 2.05) is 19.2 Å². The summed E-state index contributed by atoms with van der Waals surface area (Å²) in [5, 5.41) is 7.81. The lowest BCUT2D eigenvalue weighted by molar-refractivity contribution is -0.0361. The molecule has 6 heteroatoms. The van der Waals surface area contributed by atoms with E-state index in [0.717, 1.165) is 17.3 Å². The van der Waals surface area contributed by atoms with Gasteiger partial charge in [-0.3, -0.25) is 0 Å². The fourth-order valence-electron chi connectivity index (χ4n) is 3.32. The van der Waals surface area contributed by atoms with Crippen LogP contribution in [0.4, 0.5) is 14.6 Å². The van der Waals surface area contributed by atoms with Gasteiger partial charge in [-0.1, -0.05) is 0 Å². The maximum atomic E-state index is 13.3. The zero-order chi connectivity index (χ0) is 16.7. The van der Waals surface area contributed by atoms with Crippen molar-refractivity contribution in [3.05, 3.63) is 35.7 Å². The molecule has 128 valence electrons. The third kappa shape index (κ3) is 3.42. The van der Waals surface area contributed by atoms with Gasteiger partial charge in [-0.2, -0.15) is 5.10 Å². The van der Waals surface area contributed by atoms with Gasteiger partial charge in [0.15, 0.2) is 5.82 Å². The fraction of sp³-hybridized carbons (Fsp3) is 0.556. The molecule has 4 nitrogen and oxygen atoms in total. The van der Waals surface area contributed by atoms with Crippen molar-refractivity contribution in [2.45, 2.75) is 63.3 Å². The predicted octanol–water partition coefficient (Wildman–Crippen LogP) is 4.44. The lowest BCUT2D eigenvalue weighted by Crippen LogP contribution is -2.32. The number of aryl methyl sites for hydroxylation is 1. The van der Waals surface area contributed by atoms with E-state index >= 15 is 0 Å². The summed E-state index contributed by atoms with van der Waals surface area (Å²) in [7, 11) is 0. The first-order chi connectivity index (χ1) is 11.5. The molecule has 2 saturated carbocycles. The van der Waals surface area contributed by atoms with Crippen LogP contribution in [0.15, 0.2) is 24.4 Å². The second-order valence-electron chi connectivity index (χ2n) is 7.09. The summed E-state index contributed by atoms with van der Waals surface area (Å²) in [5.41, 5.74) is 2.20. The van der Waals surface area contributed by atoms with Crippen molar-refractivity contribution in [2.75, 3.05) is 5.32 Å². The monoisotopic (exact) mass is 332 g/mol. The maximum absolute atomic E-state index is 13.3. The molecule has 0 unspecified atom stereocenters.